The van der Waals surface area contributed by atoms with E-state index in [1.54, 1.807) is 10.4 Å². The number of likely N-dealkylation sites (tertiary alicyclic amines) is 1. The van der Waals surface area contributed by atoms with Crippen LogP contribution < -0.4 is 10.2 Å². The molecule has 3 N–H and O–H groups in total. The summed E-state index contributed by atoms with van der Waals surface area (Å²) < 4.78 is 6.05. The number of para-hydroxylation sites is 1. The van der Waals surface area contributed by atoms with Crippen molar-refractivity contribution >= 4 is 22.7 Å². The van der Waals surface area contributed by atoms with Crippen molar-refractivity contribution in [3.63, 3.8) is 0 Å². The lowest BCUT2D eigenvalue weighted by Gasteiger charge is -2.24. The number of pyridine rings is 1. The Morgan fingerprint density at radius 2 is 1.97 bits per heavy atom. The summed E-state index contributed by atoms with van der Waals surface area (Å²) in [6.07, 6.45) is 0.761. The average molecular weight is 476 g/mol. The number of rotatable bonds is 7. The topological polar surface area (TPSA) is 112 Å². The summed E-state index contributed by atoms with van der Waals surface area (Å²) in [5.41, 5.74) is 4.64. The summed E-state index contributed by atoms with van der Waals surface area (Å²) in [5, 5.41) is 20.0. The normalized spacial score (nSPS) is 23.3. The van der Waals surface area contributed by atoms with E-state index in [2.05, 4.69) is 4.98 Å². The molecule has 35 heavy (non-hydrogen) atoms. The predicted molar refractivity (Wildman–Crippen MR) is 129 cm³/mol. The number of aliphatic hydroxyl groups is 1. The summed E-state index contributed by atoms with van der Waals surface area (Å²) >= 11 is 0. The first-order valence-electron chi connectivity index (χ1n) is 11.9. The van der Waals surface area contributed by atoms with Gasteiger partial charge in [-0.15, -0.1) is 0 Å². The molecule has 1 aromatic heterocycles. The number of carbonyl (C=O) groups excluding carboxylic acids is 2. The Morgan fingerprint density at radius 1 is 1.20 bits per heavy atom. The molecule has 0 spiro atoms. The SMILES string of the molecule is Cc1cc(COc2ccc(C[C@]3(C(=O)N4CC[C@H](O)C4)C[C@@H]3C(=O)NO)cc2)c2ccccc2n1. The second-order valence-corrected chi connectivity index (χ2v) is 9.63. The molecule has 0 bridgehead atoms. The number of hydrogen-bond acceptors (Lipinski definition) is 6. The standard InChI is InChI=1S/C27H29N3O5/c1-17-12-19(22-4-2-3-5-24(22)28-17)16-35-21-8-6-18(7-9-21)13-27(14-23(27)25(32)29-34)26(33)30-11-10-20(31)15-30/h2-9,12,20,23,31,34H,10-11,13-16H2,1H3,(H,29,32)/t20-,23+,27-/m0/s1. The number of aryl methyl sites for hydroxylation is 1. The zero-order valence-electron chi connectivity index (χ0n) is 19.6. The van der Waals surface area contributed by atoms with Crippen LogP contribution >= 0.6 is 0 Å². The molecule has 1 saturated carbocycles. The molecule has 2 amide bonds. The van der Waals surface area contributed by atoms with Gasteiger partial charge >= 0.3 is 0 Å². The molecule has 1 aliphatic heterocycles. The van der Waals surface area contributed by atoms with Crippen molar-refractivity contribution in [1.29, 1.82) is 0 Å². The van der Waals surface area contributed by atoms with E-state index in [1.807, 2.05) is 61.5 Å². The van der Waals surface area contributed by atoms with Crippen LogP contribution in [-0.4, -0.2) is 51.2 Å². The molecular weight excluding hydrogens is 446 g/mol. The number of carbonyl (C=O) groups is 2. The lowest BCUT2D eigenvalue weighted by Crippen LogP contribution is -2.40. The molecule has 2 aromatic carbocycles. The van der Waals surface area contributed by atoms with Gasteiger partial charge in [-0.05, 0) is 56.0 Å². The highest BCUT2D eigenvalue weighted by Gasteiger charge is 2.64. The molecule has 182 valence electrons. The Labute approximate surface area is 203 Å². The third kappa shape index (κ3) is 4.59. The fourth-order valence-corrected chi connectivity index (χ4v) is 5.22. The summed E-state index contributed by atoms with van der Waals surface area (Å²) in [6.45, 7) is 3.13. The van der Waals surface area contributed by atoms with Crippen molar-refractivity contribution in [2.24, 2.45) is 11.3 Å². The number of nitrogens with zero attached hydrogens (tertiary/aromatic N) is 2. The first kappa shape index (κ1) is 23.3. The molecule has 8 heteroatoms. The van der Waals surface area contributed by atoms with Gasteiger partial charge < -0.3 is 14.7 Å². The van der Waals surface area contributed by atoms with Crippen LogP contribution in [0.25, 0.3) is 10.9 Å². The van der Waals surface area contributed by atoms with Crippen LogP contribution in [0.15, 0.2) is 54.6 Å². The molecule has 1 aliphatic carbocycles. The van der Waals surface area contributed by atoms with Gasteiger partial charge in [-0.25, -0.2) is 5.48 Å². The molecule has 0 radical (unpaired) electrons. The number of benzene rings is 2. The smallest absolute Gasteiger partial charge is 0.247 e. The lowest BCUT2D eigenvalue weighted by atomic mass is 9.92. The summed E-state index contributed by atoms with van der Waals surface area (Å²) in [6, 6.07) is 17.6. The van der Waals surface area contributed by atoms with E-state index in [0.29, 0.717) is 38.2 Å². The van der Waals surface area contributed by atoms with Gasteiger partial charge in [-0.2, -0.15) is 0 Å². The highest BCUT2D eigenvalue weighted by Crippen LogP contribution is 2.56. The molecule has 2 fully saturated rings. The predicted octanol–water partition coefficient (Wildman–Crippen LogP) is 2.77. The first-order chi connectivity index (χ1) is 16.9. The number of ether oxygens (including phenoxy) is 1. The van der Waals surface area contributed by atoms with Gasteiger partial charge in [0.1, 0.15) is 12.4 Å². The highest BCUT2D eigenvalue weighted by atomic mass is 16.5. The molecule has 3 atom stereocenters. The Bertz CT molecular complexity index is 1260. The molecule has 2 aliphatic rings. The minimum Gasteiger partial charge on any atom is -0.489 e. The van der Waals surface area contributed by atoms with Crippen molar-refractivity contribution in [1.82, 2.24) is 15.4 Å². The number of nitrogens with one attached hydrogen (secondary N) is 1. The Hall–Kier alpha value is -3.49. The van der Waals surface area contributed by atoms with E-state index < -0.39 is 23.3 Å². The number of aliphatic hydroxyl groups excluding tert-OH is 1. The molecule has 0 unspecified atom stereocenters. The number of aromatic nitrogens is 1. The van der Waals surface area contributed by atoms with E-state index in [4.69, 9.17) is 9.94 Å². The number of hydrogen-bond donors (Lipinski definition) is 3. The van der Waals surface area contributed by atoms with Crippen molar-refractivity contribution in [2.45, 2.75) is 38.9 Å². The van der Waals surface area contributed by atoms with E-state index >= 15 is 0 Å². The van der Waals surface area contributed by atoms with E-state index in [0.717, 1.165) is 27.7 Å². The van der Waals surface area contributed by atoms with E-state index in [9.17, 15) is 14.7 Å². The van der Waals surface area contributed by atoms with Crippen LogP contribution in [0.2, 0.25) is 0 Å². The van der Waals surface area contributed by atoms with Crippen LogP contribution in [0, 0.1) is 18.3 Å². The zero-order chi connectivity index (χ0) is 24.6. The van der Waals surface area contributed by atoms with Gasteiger partial charge in [-0.1, -0.05) is 30.3 Å². The van der Waals surface area contributed by atoms with Crippen LogP contribution in [0.3, 0.4) is 0 Å². The second-order valence-electron chi connectivity index (χ2n) is 9.63. The minimum absolute atomic E-state index is 0.136. The molecule has 1 saturated heterocycles. The zero-order valence-corrected chi connectivity index (χ0v) is 19.6. The number of hydroxylamine groups is 1. The third-order valence-electron chi connectivity index (χ3n) is 7.15. The fraction of sp³-hybridized carbons (Fsp3) is 0.370. The molecular formula is C27H29N3O5. The van der Waals surface area contributed by atoms with Gasteiger partial charge in [0.15, 0.2) is 0 Å². The summed E-state index contributed by atoms with van der Waals surface area (Å²) in [7, 11) is 0. The van der Waals surface area contributed by atoms with Crippen molar-refractivity contribution < 1.29 is 24.6 Å². The molecule has 5 rings (SSSR count). The fourth-order valence-electron chi connectivity index (χ4n) is 5.22. The highest BCUT2D eigenvalue weighted by molar-refractivity contribution is 5.96. The quantitative estimate of drug-likeness (QED) is 0.358. The van der Waals surface area contributed by atoms with Crippen LogP contribution in [0.1, 0.15) is 29.7 Å². The van der Waals surface area contributed by atoms with Gasteiger partial charge in [0.2, 0.25) is 11.8 Å². The van der Waals surface area contributed by atoms with Gasteiger partial charge in [0.05, 0.1) is 23.0 Å². The third-order valence-corrected chi connectivity index (χ3v) is 7.15. The van der Waals surface area contributed by atoms with Gasteiger partial charge in [0.25, 0.3) is 0 Å². The number of β-amino-alcohol motifs (C(OH)–C–C–N with tert-alkyl or cyclic N) is 1. The van der Waals surface area contributed by atoms with Crippen molar-refractivity contribution in [3.05, 3.63) is 71.4 Å². The molecule has 3 aromatic rings. The maximum atomic E-state index is 13.3. The first-order valence-corrected chi connectivity index (χ1v) is 11.9. The van der Waals surface area contributed by atoms with Crippen LogP contribution in [0.5, 0.6) is 5.75 Å². The molecule has 2 heterocycles. The average Bonchev–Trinajstić information content (AvgIpc) is 3.43. The largest absolute Gasteiger partial charge is 0.489 e. The maximum absolute atomic E-state index is 13.3. The number of amides is 2. The van der Waals surface area contributed by atoms with E-state index in [1.165, 1.54) is 0 Å². The van der Waals surface area contributed by atoms with Gasteiger partial charge in [-0.3, -0.25) is 19.8 Å². The van der Waals surface area contributed by atoms with Gasteiger partial charge in [0, 0.05) is 29.7 Å². The monoisotopic (exact) mass is 475 g/mol. The van der Waals surface area contributed by atoms with Crippen LogP contribution in [-0.2, 0) is 22.6 Å². The summed E-state index contributed by atoms with van der Waals surface area (Å²) in [4.78, 5) is 31.6. The Morgan fingerprint density at radius 3 is 2.69 bits per heavy atom. The Kier molecular flexibility index (Phi) is 6.17. The van der Waals surface area contributed by atoms with Crippen LogP contribution in [0.4, 0.5) is 0 Å². The van der Waals surface area contributed by atoms with E-state index in [-0.39, 0.29) is 12.5 Å². The minimum atomic E-state index is -0.896. The Balaban J connectivity index is 1.29. The van der Waals surface area contributed by atoms with Crippen molar-refractivity contribution in [2.75, 3.05) is 13.1 Å². The number of fused-ring (bicyclic) bond motifs is 1. The summed E-state index contributed by atoms with van der Waals surface area (Å²) in [5.74, 6) is -0.562. The maximum Gasteiger partial charge on any atom is 0.247 e. The second kappa shape index (κ2) is 9.28. The molecule has 8 nitrogen and oxygen atoms in total. The lowest BCUT2D eigenvalue weighted by molar-refractivity contribution is -0.140. The van der Waals surface area contributed by atoms with Crippen molar-refractivity contribution in [3.8, 4) is 5.75 Å².